The predicted octanol–water partition coefficient (Wildman–Crippen LogP) is 2.14. The summed E-state index contributed by atoms with van der Waals surface area (Å²) in [5.41, 5.74) is 1.07. The van der Waals surface area contributed by atoms with Crippen molar-refractivity contribution < 1.29 is 14.2 Å². The number of ether oxygens (including phenoxy) is 3. The van der Waals surface area contributed by atoms with Gasteiger partial charge >= 0.3 is 0 Å². The molecule has 0 amide bonds. The highest BCUT2D eigenvalue weighted by Crippen LogP contribution is 2.39. The first-order valence-corrected chi connectivity index (χ1v) is 6.30. The minimum atomic E-state index is 0.0706. The maximum atomic E-state index is 5.86. The first kappa shape index (κ1) is 13.2. The van der Waals surface area contributed by atoms with Crippen molar-refractivity contribution in [1.29, 1.82) is 0 Å². The number of methoxy groups -OCH3 is 2. The summed E-state index contributed by atoms with van der Waals surface area (Å²) in [5, 5.41) is 3.32. The molecular weight excluding hydrogens is 230 g/mol. The molecule has 1 fully saturated rings. The second kappa shape index (κ2) is 6.07. The molecule has 4 nitrogen and oxygen atoms in total. The van der Waals surface area contributed by atoms with E-state index in [1.165, 1.54) is 0 Å². The van der Waals surface area contributed by atoms with Crippen LogP contribution in [0.15, 0.2) is 18.2 Å². The molecule has 18 heavy (non-hydrogen) atoms. The third-order valence-electron chi connectivity index (χ3n) is 3.47. The second-order valence-electron chi connectivity index (χ2n) is 4.45. The lowest BCUT2D eigenvalue weighted by Crippen LogP contribution is -2.33. The molecule has 4 heteroatoms. The van der Waals surface area contributed by atoms with Crippen molar-refractivity contribution in [1.82, 2.24) is 5.32 Å². The lowest BCUT2D eigenvalue weighted by atomic mass is 9.96. The van der Waals surface area contributed by atoms with Crippen LogP contribution in [-0.2, 0) is 4.74 Å². The molecule has 1 aromatic rings. The van der Waals surface area contributed by atoms with E-state index in [-0.39, 0.29) is 6.10 Å². The summed E-state index contributed by atoms with van der Waals surface area (Å²) in [6.45, 7) is 0.774. The normalized spacial score (nSPS) is 23.7. The number of rotatable bonds is 4. The van der Waals surface area contributed by atoms with Gasteiger partial charge in [0.1, 0.15) is 0 Å². The Morgan fingerprint density at radius 2 is 2.11 bits per heavy atom. The molecule has 0 aliphatic carbocycles. The zero-order valence-corrected chi connectivity index (χ0v) is 11.2. The lowest BCUT2D eigenvalue weighted by Gasteiger charge is -2.30. The fourth-order valence-corrected chi connectivity index (χ4v) is 2.44. The van der Waals surface area contributed by atoms with Crippen LogP contribution in [0.3, 0.4) is 0 Å². The fourth-order valence-electron chi connectivity index (χ4n) is 2.44. The van der Waals surface area contributed by atoms with Gasteiger partial charge in [-0.2, -0.15) is 0 Å². The molecular formula is C14H21NO3. The molecule has 1 aliphatic rings. The van der Waals surface area contributed by atoms with Crippen LogP contribution >= 0.6 is 0 Å². The van der Waals surface area contributed by atoms with Gasteiger partial charge in [-0.1, -0.05) is 12.1 Å². The Morgan fingerprint density at radius 3 is 2.78 bits per heavy atom. The molecule has 1 heterocycles. The zero-order chi connectivity index (χ0) is 13.0. The third-order valence-corrected chi connectivity index (χ3v) is 3.47. The summed E-state index contributed by atoms with van der Waals surface area (Å²) >= 11 is 0. The second-order valence-corrected chi connectivity index (χ2v) is 4.45. The largest absolute Gasteiger partial charge is 0.493 e. The van der Waals surface area contributed by atoms with Crippen LogP contribution in [0.4, 0.5) is 0 Å². The van der Waals surface area contributed by atoms with E-state index in [2.05, 4.69) is 5.32 Å². The van der Waals surface area contributed by atoms with E-state index in [0.29, 0.717) is 6.04 Å². The number of nitrogens with one attached hydrogen (secondary N) is 1. The molecule has 2 unspecified atom stereocenters. The molecule has 2 atom stereocenters. The minimum Gasteiger partial charge on any atom is -0.493 e. The van der Waals surface area contributed by atoms with E-state index in [9.17, 15) is 0 Å². The van der Waals surface area contributed by atoms with Gasteiger partial charge in [0.05, 0.1) is 20.3 Å². The average Bonchev–Trinajstić information content (AvgIpc) is 2.46. The van der Waals surface area contributed by atoms with Crippen molar-refractivity contribution in [3.8, 4) is 11.5 Å². The molecule has 0 spiro atoms. The molecule has 1 aliphatic heterocycles. The number of hydrogen-bond acceptors (Lipinski definition) is 4. The molecule has 1 N–H and O–H groups in total. The summed E-state index contributed by atoms with van der Waals surface area (Å²) in [7, 11) is 5.31. The molecule has 0 radical (unpaired) electrons. The van der Waals surface area contributed by atoms with E-state index >= 15 is 0 Å². The van der Waals surface area contributed by atoms with Gasteiger partial charge in [-0.05, 0) is 26.0 Å². The van der Waals surface area contributed by atoms with Gasteiger partial charge in [-0.25, -0.2) is 0 Å². The van der Waals surface area contributed by atoms with Crippen LogP contribution in [0.5, 0.6) is 11.5 Å². The quantitative estimate of drug-likeness (QED) is 0.890. The van der Waals surface area contributed by atoms with Crippen LogP contribution < -0.4 is 14.8 Å². The third kappa shape index (κ3) is 2.60. The smallest absolute Gasteiger partial charge is 0.166 e. The average molecular weight is 251 g/mol. The van der Waals surface area contributed by atoms with Crippen molar-refractivity contribution >= 4 is 0 Å². The van der Waals surface area contributed by atoms with Gasteiger partial charge in [0.15, 0.2) is 11.5 Å². The van der Waals surface area contributed by atoms with Crippen LogP contribution in [0.1, 0.15) is 24.5 Å². The maximum Gasteiger partial charge on any atom is 0.166 e. The Kier molecular flexibility index (Phi) is 4.44. The first-order chi connectivity index (χ1) is 8.80. The van der Waals surface area contributed by atoms with E-state index in [1.54, 1.807) is 14.2 Å². The van der Waals surface area contributed by atoms with Gasteiger partial charge in [-0.3, -0.25) is 0 Å². The first-order valence-electron chi connectivity index (χ1n) is 6.30. The van der Waals surface area contributed by atoms with E-state index in [4.69, 9.17) is 14.2 Å². The summed E-state index contributed by atoms with van der Waals surface area (Å²) in [4.78, 5) is 0. The summed E-state index contributed by atoms with van der Waals surface area (Å²) in [6, 6.07) is 6.42. The highest BCUT2D eigenvalue weighted by molar-refractivity contribution is 5.47. The van der Waals surface area contributed by atoms with Crippen molar-refractivity contribution in [3.05, 3.63) is 23.8 Å². The fraction of sp³-hybridized carbons (Fsp3) is 0.571. The molecule has 100 valence electrons. The Labute approximate surface area is 108 Å². The van der Waals surface area contributed by atoms with Crippen LogP contribution in [0.25, 0.3) is 0 Å². The molecule has 1 aromatic carbocycles. The number of para-hydroxylation sites is 1. The van der Waals surface area contributed by atoms with Crippen molar-refractivity contribution in [2.24, 2.45) is 0 Å². The molecule has 0 aromatic heterocycles. The topological polar surface area (TPSA) is 39.7 Å². The SMILES string of the molecule is CNC1CCOC(c2cccc(OC)c2OC)C1. The highest BCUT2D eigenvalue weighted by Gasteiger charge is 2.26. The monoisotopic (exact) mass is 251 g/mol. The lowest BCUT2D eigenvalue weighted by molar-refractivity contribution is 0.000156. The summed E-state index contributed by atoms with van der Waals surface area (Å²) in [5.74, 6) is 1.53. The summed E-state index contributed by atoms with van der Waals surface area (Å²) in [6.07, 6.45) is 2.08. The van der Waals surface area contributed by atoms with E-state index < -0.39 is 0 Å². The van der Waals surface area contributed by atoms with E-state index in [0.717, 1.165) is 36.5 Å². The number of hydrogen-bond donors (Lipinski definition) is 1. The molecule has 0 bridgehead atoms. The molecule has 0 saturated carbocycles. The van der Waals surface area contributed by atoms with Crippen LogP contribution in [-0.4, -0.2) is 33.9 Å². The standard InChI is InChI=1S/C14H21NO3/c1-15-10-7-8-18-13(9-10)11-5-4-6-12(16-2)14(11)17-3/h4-6,10,13,15H,7-9H2,1-3H3. The molecule has 2 rings (SSSR count). The van der Waals surface area contributed by atoms with Crippen LogP contribution in [0.2, 0.25) is 0 Å². The molecule has 1 saturated heterocycles. The van der Waals surface area contributed by atoms with Gasteiger partial charge < -0.3 is 19.5 Å². The van der Waals surface area contributed by atoms with Gasteiger partial charge in [0.25, 0.3) is 0 Å². The highest BCUT2D eigenvalue weighted by atomic mass is 16.5. The van der Waals surface area contributed by atoms with Gasteiger partial charge in [-0.15, -0.1) is 0 Å². The van der Waals surface area contributed by atoms with E-state index in [1.807, 2.05) is 25.2 Å². The Hall–Kier alpha value is -1.26. The van der Waals surface area contributed by atoms with Gasteiger partial charge in [0, 0.05) is 18.2 Å². The maximum absolute atomic E-state index is 5.86. The van der Waals surface area contributed by atoms with Crippen molar-refractivity contribution in [2.75, 3.05) is 27.9 Å². The summed E-state index contributed by atoms with van der Waals surface area (Å²) < 4.78 is 16.7. The predicted molar refractivity (Wildman–Crippen MR) is 70.3 cm³/mol. The van der Waals surface area contributed by atoms with Crippen molar-refractivity contribution in [2.45, 2.75) is 25.0 Å². The zero-order valence-electron chi connectivity index (χ0n) is 11.2. The Balaban J connectivity index is 2.26. The Morgan fingerprint density at radius 1 is 1.28 bits per heavy atom. The number of benzene rings is 1. The van der Waals surface area contributed by atoms with Crippen molar-refractivity contribution in [3.63, 3.8) is 0 Å². The Bertz CT molecular complexity index is 395. The van der Waals surface area contributed by atoms with Gasteiger partial charge in [0.2, 0.25) is 0 Å². The minimum absolute atomic E-state index is 0.0706. The van der Waals surface area contributed by atoms with Crippen LogP contribution in [0, 0.1) is 0 Å².